The Kier molecular flexibility index (Phi) is 6.54. The van der Waals surface area contributed by atoms with Gasteiger partial charge in [-0.25, -0.2) is 0 Å². The lowest BCUT2D eigenvalue weighted by Crippen LogP contribution is -1.94. The third kappa shape index (κ3) is 4.42. The molecule has 0 saturated carbocycles. The van der Waals surface area contributed by atoms with Crippen LogP contribution in [0.25, 0.3) is 77.2 Å². The van der Waals surface area contributed by atoms with E-state index < -0.39 is 0 Å². The molecule has 0 atom stereocenters. The molecule has 0 radical (unpaired) electrons. The Hall–Kier alpha value is -5.86. The molecule has 0 aliphatic heterocycles. The zero-order chi connectivity index (χ0) is 30.3. The SMILES string of the molecule is C=C/C=C\C(=C/C)n1c2ccccc2c2cc(-c3ccc4c5ccccc5n(-c5ccc(-c6ccccc6)cc5)c4c3)ccc21. The van der Waals surface area contributed by atoms with Gasteiger partial charge in [-0.2, -0.15) is 0 Å². The minimum Gasteiger partial charge on any atom is -0.310 e. The van der Waals surface area contributed by atoms with Crippen molar-refractivity contribution in [3.05, 3.63) is 170 Å². The molecule has 2 nitrogen and oxygen atoms in total. The quantitative estimate of drug-likeness (QED) is 0.174. The van der Waals surface area contributed by atoms with Gasteiger partial charge in [0.25, 0.3) is 0 Å². The number of allylic oxidation sites excluding steroid dienone is 5. The molecular formula is C43H32N2. The molecule has 0 saturated heterocycles. The van der Waals surface area contributed by atoms with Crippen molar-refractivity contribution in [1.29, 1.82) is 0 Å². The molecule has 2 heteroatoms. The van der Waals surface area contributed by atoms with Gasteiger partial charge >= 0.3 is 0 Å². The Balaban J connectivity index is 1.30. The van der Waals surface area contributed by atoms with E-state index in [-0.39, 0.29) is 0 Å². The van der Waals surface area contributed by atoms with Crippen molar-refractivity contribution in [2.45, 2.75) is 6.92 Å². The van der Waals surface area contributed by atoms with Gasteiger partial charge in [0.1, 0.15) is 0 Å². The molecule has 2 aromatic heterocycles. The highest BCUT2D eigenvalue weighted by molar-refractivity contribution is 6.13. The maximum atomic E-state index is 3.87. The number of benzene rings is 6. The van der Waals surface area contributed by atoms with Crippen LogP contribution in [0.3, 0.4) is 0 Å². The second-order valence-electron chi connectivity index (χ2n) is 11.4. The highest BCUT2D eigenvalue weighted by Gasteiger charge is 2.16. The Morgan fingerprint density at radius 1 is 0.511 bits per heavy atom. The van der Waals surface area contributed by atoms with Crippen LogP contribution in [0, 0.1) is 0 Å². The Bertz CT molecular complexity index is 2430. The molecule has 0 amide bonds. The molecule has 8 aromatic rings. The van der Waals surface area contributed by atoms with Crippen LogP contribution >= 0.6 is 0 Å². The van der Waals surface area contributed by atoms with Crippen molar-refractivity contribution in [3.8, 4) is 27.9 Å². The summed E-state index contributed by atoms with van der Waals surface area (Å²) in [6.07, 6.45) is 8.08. The van der Waals surface area contributed by atoms with Crippen molar-refractivity contribution in [2.24, 2.45) is 0 Å². The lowest BCUT2D eigenvalue weighted by Gasteiger charge is -2.11. The maximum absolute atomic E-state index is 3.87. The predicted molar refractivity (Wildman–Crippen MR) is 194 cm³/mol. The molecule has 214 valence electrons. The standard InChI is InChI=1S/C43H32N2/c1-3-5-15-34(4-2)44-41-19-12-10-17-37(41)39-28-32(23-27-42(39)44)33-22-26-38-36-16-9-11-18-40(36)45(43(38)29-33)35-24-20-31(21-25-35)30-13-7-6-8-14-30/h3-29H,1H2,2H3/b15-5-,34-4+. The summed E-state index contributed by atoms with van der Waals surface area (Å²) in [7, 11) is 0. The summed E-state index contributed by atoms with van der Waals surface area (Å²) in [5.74, 6) is 0. The molecule has 0 aliphatic carbocycles. The lowest BCUT2D eigenvalue weighted by atomic mass is 10.0. The smallest absolute Gasteiger partial charge is 0.0547 e. The average Bonchev–Trinajstić information content (AvgIpc) is 3.61. The van der Waals surface area contributed by atoms with Crippen LogP contribution < -0.4 is 0 Å². The van der Waals surface area contributed by atoms with Crippen molar-refractivity contribution < 1.29 is 0 Å². The summed E-state index contributed by atoms with van der Waals surface area (Å²) in [5, 5.41) is 5.00. The molecular weight excluding hydrogens is 544 g/mol. The van der Waals surface area contributed by atoms with Gasteiger partial charge in [0, 0.05) is 32.9 Å². The Morgan fingerprint density at radius 3 is 1.84 bits per heavy atom. The summed E-state index contributed by atoms with van der Waals surface area (Å²) >= 11 is 0. The van der Waals surface area contributed by atoms with Crippen LogP contribution in [0.15, 0.2) is 170 Å². The van der Waals surface area contributed by atoms with Gasteiger partial charge in [0.15, 0.2) is 0 Å². The topological polar surface area (TPSA) is 9.86 Å². The summed E-state index contributed by atoms with van der Waals surface area (Å²) in [6, 6.07) is 50.6. The fraction of sp³-hybridized carbons (Fsp3) is 0.0233. The number of fused-ring (bicyclic) bond motifs is 6. The Morgan fingerprint density at radius 2 is 1.09 bits per heavy atom. The number of hydrogen-bond acceptors (Lipinski definition) is 0. The first-order valence-corrected chi connectivity index (χ1v) is 15.4. The van der Waals surface area contributed by atoms with E-state index in [1.807, 2.05) is 12.2 Å². The second kappa shape index (κ2) is 11.0. The van der Waals surface area contributed by atoms with Gasteiger partial charge in [-0.05, 0) is 77.7 Å². The van der Waals surface area contributed by atoms with Gasteiger partial charge < -0.3 is 9.13 Å². The molecule has 45 heavy (non-hydrogen) atoms. The Labute approximate surface area is 263 Å². The van der Waals surface area contributed by atoms with E-state index in [2.05, 4.69) is 174 Å². The average molecular weight is 577 g/mol. The highest BCUT2D eigenvalue weighted by Crippen LogP contribution is 2.38. The summed E-state index contributed by atoms with van der Waals surface area (Å²) in [4.78, 5) is 0. The van der Waals surface area contributed by atoms with Crippen molar-refractivity contribution >= 4 is 49.3 Å². The van der Waals surface area contributed by atoms with Gasteiger partial charge in [-0.1, -0.05) is 122 Å². The van der Waals surface area contributed by atoms with Crippen LogP contribution in [-0.2, 0) is 0 Å². The third-order valence-electron chi connectivity index (χ3n) is 8.87. The van der Waals surface area contributed by atoms with Crippen LogP contribution in [0.4, 0.5) is 0 Å². The molecule has 2 heterocycles. The minimum atomic E-state index is 1.12. The zero-order valence-electron chi connectivity index (χ0n) is 25.2. The highest BCUT2D eigenvalue weighted by atomic mass is 15.0. The van der Waals surface area contributed by atoms with E-state index in [4.69, 9.17) is 0 Å². The molecule has 6 aromatic carbocycles. The van der Waals surface area contributed by atoms with Gasteiger partial charge in [-0.3, -0.25) is 0 Å². The summed E-state index contributed by atoms with van der Waals surface area (Å²) in [6.45, 7) is 5.95. The summed E-state index contributed by atoms with van der Waals surface area (Å²) < 4.78 is 4.74. The van der Waals surface area contributed by atoms with Gasteiger partial charge in [0.2, 0.25) is 0 Å². The number of rotatable bonds is 6. The molecule has 0 N–H and O–H groups in total. The molecule has 0 fully saturated rings. The first-order valence-electron chi connectivity index (χ1n) is 15.4. The van der Waals surface area contributed by atoms with Gasteiger partial charge in [-0.15, -0.1) is 0 Å². The predicted octanol–water partition coefficient (Wildman–Crippen LogP) is 11.8. The molecule has 0 aliphatic rings. The number of para-hydroxylation sites is 2. The summed E-state index contributed by atoms with van der Waals surface area (Å²) in [5.41, 5.74) is 11.9. The number of hydrogen-bond donors (Lipinski definition) is 0. The number of aromatic nitrogens is 2. The fourth-order valence-electron chi connectivity index (χ4n) is 6.76. The zero-order valence-corrected chi connectivity index (χ0v) is 25.2. The normalized spacial score (nSPS) is 12.2. The third-order valence-corrected chi connectivity index (χ3v) is 8.87. The van der Waals surface area contributed by atoms with Crippen molar-refractivity contribution in [3.63, 3.8) is 0 Å². The first-order chi connectivity index (χ1) is 22.2. The van der Waals surface area contributed by atoms with Crippen molar-refractivity contribution in [1.82, 2.24) is 9.13 Å². The van der Waals surface area contributed by atoms with E-state index in [1.165, 1.54) is 65.9 Å². The maximum Gasteiger partial charge on any atom is 0.0547 e. The van der Waals surface area contributed by atoms with E-state index in [0.29, 0.717) is 0 Å². The van der Waals surface area contributed by atoms with Crippen LogP contribution in [0.5, 0.6) is 0 Å². The van der Waals surface area contributed by atoms with Crippen LogP contribution in [0.1, 0.15) is 6.92 Å². The molecule has 0 spiro atoms. The van der Waals surface area contributed by atoms with Crippen LogP contribution in [-0.4, -0.2) is 9.13 Å². The monoisotopic (exact) mass is 576 g/mol. The lowest BCUT2D eigenvalue weighted by molar-refractivity contribution is 1.18. The van der Waals surface area contributed by atoms with E-state index in [9.17, 15) is 0 Å². The molecule has 8 rings (SSSR count). The van der Waals surface area contributed by atoms with Gasteiger partial charge in [0.05, 0.1) is 22.1 Å². The minimum absolute atomic E-state index is 1.12. The molecule has 0 bridgehead atoms. The first kappa shape index (κ1) is 26.7. The van der Waals surface area contributed by atoms with Crippen molar-refractivity contribution in [2.75, 3.05) is 0 Å². The largest absolute Gasteiger partial charge is 0.310 e. The molecule has 0 unspecified atom stereocenters. The fourth-order valence-corrected chi connectivity index (χ4v) is 6.76. The van der Waals surface area contributed by atoms with E-state index >= 15 is 0 Å². The van der Waals surface area contributed by atoms with E-state index in [0.717, 1.165) is 11.4 Å². The second-order valence-corrected chi connectivity index (χ2v) is 11.4. The van der Waals surface area contributed by atoms with Crippen LogP contribution in [0.2, 0.25) is 0 Å². The number of nitrogens with zero attached hydrogens (tertiary/aromatic N) is 2. The van der Waals surface area contributed by atoms with E-state index in [1.54, 1.807) is 0 Å².